The minimum absolute atomic E-state index is 0.105. The third-order valence-electron chi connectivity index (χ3n) is 4.13. The fraction of sp³-hybridized carbons (Fsp3) is 0.263. The lowest BCUT2D eigenvalue weighted by Crippen LogP contribution is -2.24. The van der Waals surface area contributed by atoms with Crippen LogP contribution in [0.15, 0.2) is 47.6 Å². The topological polar surface area (TPSA) is 81.9 Å². The Morgan fingerprint density at radius 2 is 1.85 bits per heavy atom. The molecule has 1 amide bonds. The fourth-order valence-corrected chi connectivity index (χ4v) is 3.46. The van der Waals surface area contributed by atoms with Crippen LogP contribution in [0.2, 0.25) is 0 Å². The van der Waals surface area contributed by atoms with Crippen LogP contribution in [0, 0.1) is 13.8 Å². The van der Waals surface area contributed by atoms with Gasteiger partial charge in [-0.25, -0.2) is 0 Å². The van der Waals surface area contributed by atoms with Crippen molar-refractivity contribution in [3.63, 3.8) is 0 Å². The van der Waals surface area contributed by atoms with E-state index < -0.39 is 0 Å². The molecule has 0 saturated carbocycles. The van der Waals surface area contributed by atoms with Crippen LogP contribution in [0.5, 0.6) is 5.75 Å². The average molecular weight is 383 g/mol. The SMILES string of the molecule is COc1ccccc1-n1nnnc1SC(C)C(=O)Nc1c(C)cccc1C. The highest BCUT2D eigenvalue weighted by Gasteiger charge is 2.21. The second-order valence-electron chi connectivity index (χ2n) is 6.06. The van der Waals surface area contributed by atoms with Gasteiger partial charge in [0.05, 0.1) is 12.4 Å². The summed E-state index contributed by atoms with van der Waals surface area (Å²) in [5.41, 5.74) is 3.62. The maximum Gasteiger partial charge on any atom is 0.237 e. The van der Waals surface area contributed by atoms with Gasteiger partial charge in [0.2, 0.25) is 11.1 Å². The number of amides is 1. The number of thioether (sulfide) groups is 1. The number of nitrogens with one attached hydrogen (secondary N) is 1. The molecule has 1 heterocycles. The van der Waals surface area contributed by atoms with E-state index in [-0.39, 0.29) is 11.2 Å². The first kappa shape index (κ1) is 18.9. The highest BCUT2D eigenvalue weighted by atomic mass is 32.2. The van der Waals surface area contributed by atoms with Crippen molar-refractivity contribution < 1.29 is 9.53 Å². The Kier molecular flexibility index (Phi) is 5.75. The minimum atomic E-state index is -0.386. The zero-order chi connectivity index (χ0) is 19.4. The molecular formula is C19H21N5O2S. The van der Waals surface area contributed by atoms with E-state index in [2.05, 4.69) is 20.8 Å². The summed E-state index contributed by atoms with van der Waals surface area (Å²) in [7, 11) is 1.59. The molecule has 0 bridgehead atoms. The summed E-state index contributed by atoms with van der Waals surface area (Å²) in [6, 6.07) is 13.4. The Morgan fingerprint density at radius 1 is 1.15 bits per heavy atom. The van der Waals surface area contributed by atoms with Gasteiger partial charge in [0.25, 0.3) is 0 Å². The number of aryl methyl sites for hydroxylation is 2. The Bertz CT molecular complexity index is 937. The van der Waals surface area contributed by atoms with Crippen LogP contribution in [-0.2, 0) is 4.79 Å². The second kappa shape index (κ2) is 8.22. The largest absolute Gasteiger partial charge is 0.494 e. The molecule has 0 spiro atoms. The summed E-state index contributed by atoms with van der Waals surface area (Å²) in [4.78, 5) is 12.7. The monoisotopic (exact) mass is 383 g/mol. The van der Waals surface area contributed by atoms with Crippen molar-refractivity contribution in [2.75, 3.05) is 12.4 Å². The lowest BCUT2D eigenvalue weighted by atomic mass is 10.1. The first-order chi connectivity index (χ1) is 13.0. The van der Waals surface area contributed by atoms with Gasteiger partial charge in [0, 0.05) is 5.69 Å². The lowest BCUT2D eigenvalue weighted by molar-refractivity contribution is -0.115. The van der Waals surface area contributed by atoms with E-state index in [1.165, 1.54) is 11.8 Å². The summed E-state index contributed by atoms with van der Waals surface area (Å²) >= 11 is 1.29. The maximum absolute atomic E-state index is 12.7. The van der Waals surface area contributed by atoms with Crippen LogP contribution in [0.4, 0.5) is 5.69 Å². The van der Waals surface area contributed by atoms with Crippen molar-refractivity contribution in [3.05, 3.63) is 53.6 Å². The van der Waals surface area contributed by atoms with Crippen molar-refractivity contribution in [3.8, 4) is 11.4 Å². The Morgan fingerprint density at radius 3 is 2.56 bits per heavy atom. The Labute approximate surface area is 162 Å². The van der Waals surface area contributed by atoms with Gasteiger partial charge in [-0.05, 0) is 54.5 Å². The summed E-state index contributed by atoms with van der Waals surface area (Å²) in [6.45, 7) is 5.78. The number of tetrazole rings is 1. The first-order valence-corrected chi connectivity index (χ1v) is 9.34. The van der Waals surface area contributed by atoms with Gasteiger partial charge in [0.15, 0.2) is 0 Å². The van der Waals surface area contributed by atoms with E-state index in [0.717, 1.165) is 22.5 Å². The summed E-state index contributed by atoms with van der Waals surface area (Å²) in [5, 5.41) is 15.0. The average Bonchev–Trinajstić information content (AvgIpc) is 3.12. The van der Waals surface area contributed by atoms with Gasteiger partial charge in [0.1, 0.15) is 11.4 Å². The van der Waals surface area contributed by atoms with Gasteiger partial charge >= 0.3 is 0 Å². The number of hydrogen-bond acceptors (Lipinski definition) is 6. The van der Waals surface area contributed by atoms with Crippen LogP contribution in [-0.4, -0.2) is 38.5 Å². The molecule has 140 valence electrons. The molecule has 0 aliphatic rings. The third-order valence-corrected chi connectivity index (χ3v) is 5.17. The predicted octanol–water partition coefficient (Wildman–Crippen LogP) is 3.41. The molecule has 0 radical (unpaired) electrons. The van der Waals surface area contributed by atoms with E-state index in [1.54, 1.807) is 11.8 Å². The molecule has 2 aromatic carbocycles. The molecule has 3 rings (SSSR count). The van der Waals surface area contributed by atoms with E-state index >= 15 is 0 Å². The molecule has 0 saturated heterocycles. The van der Waals surface area contributed by atoms with Crippen LogP contribution >= 0.6 is 11.8 Å². The van der Waals surface area contributed by atoms with Crippen LogP contribution in [0.25, 0.3) is 5.69 Å². The molecule has 0 aliphatic carbocycles. The maximum atomic E-state index is 12.7. The van der Waals surface area contributed by atoms with E-state index in [1.807, 2.05) is 63.2 Å². The number of hydrogen-bond donors (Lipinski definition) is 1. The molecule has 27 heavy (non-hydrogen) atoms. The number of carbonyl (C=O) groups is 1. The highest BCUT2D eigenvalue weighted by Crippen LogP contribution is 2.28. The number of methoxy groups -OCH3 is 1. The molecule has 1 unspecified atom stereocenters. The zero-order valence-corrected chi connectivity index (χ0v) is 16.4. The number of benzene rings is 2. The summed E-state index contributed by atoms with van der Waals surface area (Å²) in [6.07, 6.45) is 0. The van der Waals surface area contributed by atoms with Crippen molar-refractivity contribution in [1.82, 2.24) is 20.2 Å². The molecule has 1 N–H and O–H groups in total. The van der Waals surface area contributed by atoms with Crippen molar-refractivity contribution in [2.45, 2.75) is 31.2 Å². The van der Waals surface area contributed by atoms with Crippen molar-refractivity contribution in [1.29, 1.82) is 0 Å². The fourth-order valence-electron chi connectivity index (χ4n) is 2.66. The quantitative estimate of drug-likeness (QED) is 0.657. The Hall–Kier alpha value is -2.87. The van der Waals surface area contributed by atoms with Gasteiger partial charge < -0.3 is 10.1 Å². The van der Waals surface area contributed by atoms with E-state index in [0.29, 0.717) is 10.9 Å². The molecule has 1 atom stereocenters. The number of aromatic nitrogens is 4. The standard InChI is InChI=1S/C19H21N5O2S/c1-12-8-7-9-13(2)17(12)20-18(25)14(3)27-19-21-22-23-24(19)15-10-5-6-11-16(15)26-4/h5-11,14H,1-4H3,(H,20,25). The molecular weight excluding hydrogens is 362 g/mol. The van der Waals surface area contributed by atoms with Gasteiger partial charge in [-0.15, -0.1) is 5.10 Å². The van der Waals surface area contributed by atoms with Gasteiger partial charge in [-0.1, -0.05) is 42.1 Å². The van der Waals surface area contributed by atoms with E-state index in [4.69, 9.17) is 4.74 Å². The Balaban J connectivity index is 1.78. The number of carbonyl (C=O) groups excluding carboxylic acids is 1. The van der Waals surface area contributed by atoms with Crippen molar-refractivity contribution >= 4 is 23.4 Å². The minimum Gasteiger partial charge on any atom is -0.494 e. The first-order valence-electron chi connectivity index (χ1n) is 8.46. The normalized spacial score (nSPS) is 11.9. The van der Waals surface area contributed by atoms with Gasteiger partial charge in [-0.3, -0.25) is 4.79 Å². The zero-order valence-electron chi connectivity index (χ0n) is 15.6. The number of ether oxygens (including phenoxy) is 1. The van der Waals surface area contributed by atoms with E-state index in [9.17, 15) is 4.79 Å². The molecule has 1 aromatic heterocycles. The summed E-state index contributed by atoms with van der Waals surface area (Å²) in [5.74, 6) is 0.547. The van der Waals surface area contributed by atoms with Crippen LogP contribution in [0.1, 0.15) is 18.1 Å². The lowest BCUT2D eigenvalue weighted by Gasteiger charge is -2.15. The molecule has 3 aromatic rings. The van der Waals surface area contributed by atoms with Gasteiger partial charge in [-0.2, -0.15) is 4.68 Å². The van der Waals surface area contributed by atoms with Crippen molar-refractivity contribution in [2.24, 2.45) is 0 Å². The molecule has 8 heteroatoms. The molecule has 0 aliphatic heterocycles. The second-order valence-corrected chi connectivity index (χ2v) is 7.37. The summed E-state index contributed by atoms with van der Waals surface area (Å²) < 4.78 is 6.95. The predicted molar refractivity (Wildman–Crippen MR) is 106 cm³/mol. The number of para-hydroxylation sites is 3. The molecule has 7 nitrogen and oxygen atoms in total. The van der Waals surface area contributed by atoms with Crippen LogP contribution < -0.4 is 10.1 Å². The third kappa shape index (κ3) is 4.11. The number of rotatable bonds is 6. The molecule has 0 fully saturated rings. The van der Waals surface area contributed by atoms with Crippen LogP contribution in [0.3, 0.4) is 0 Å². The smallest absolute Gasteiger partial charge is 0.237 e. The highest BCUT2D eigenvalue weighted by molar-refractivity contribution is 8.00. The number of nitrogens with zero attached hydrogens (tertiary/aromatic N) is 4. The number of anilines is 1.